The van der Waals surface area contributed by atoms with Crippen LogP contribution in [-0.4, -0.2) is 41.1 Å². The second-order valence-electron chi connectivity index (χ2n) is 6.01. The van der Waals surface area contributed by atoms with Gasteiger partial charge in [-0.1, -0.05) is 48.5 Å². The summed E-state index contributed by atoms with van der Waals surface area (Å²) in [6, 6.07) is 16.4. The molecule has 7 heteroatoms. The zero-order valence-electron chi connectivity index (χ0n) is 15.3. The highest BCUT2D eigenvalue weighted by Crippen LogP contribution is 2.42. The molecule has 0 fully saturated rings. The maximum atomic E-state index is 13.3. The van der Waals surface area contributed by atoms with Gasteiger partial charge < -0.3 is 10.1 Å². The Labute approximate surface area is 159 Å². The lowest BCUT2D eigenvalue weighted by molar-refractivity contribution is -0.117. The number of nitrogens with one attached hydrogen (secondary N) is 1. The molecule has 0 spiro atoms. The van der Waals surface area contributed by atoms with Crippen LogP contribution in [0.15, 0.2) is 59.5 Å². The number of hydrogen-bond donors (Lipinski definition) is 1. The van der Waals surface area contributed by atoms with Crippen molar-refractivity contribution in [1.82, 2.24) is 5.32 Å². The molecule has 1 N–H and O–H groups in total. The molecule has 0 atom stereocenters. The first-order chi connectivity index (χ1) is 13.0. The third kappa shape index (κ3) is 3.48. The van der Waals surface area contributed by atoms with Crippen LogP contribution < -0.4 is 9.62 Å². The highest BCUT2D eigenvalue weighted by molar-refractivity contribution is 7.97. The highest BCUT2D eigenvalue weighted by atomic mass is 32.2. The van der Waals surface area contributed by atoms with Gasteiger partial charge in [-0.3, -0.25) is 9.10 Å². The van der Waals surface area contributed by atoms with Crippen molar-refractivity contribution in [3.8, 4) is 0 Å². The molecule has 1 amide bonds. The summed E-state index contributed by atoms with van der Waals surface area (Å²) in [4.78, 5) is 12.7. The molecule has 2 aromatic rings. The van der Waals surface area contributed by atoms with Crippen molar-refractivity contribution in [3.63, 3.8) is 0 Å². The van der Waals surface area contributed by atoms with Crippen LogP contribution in [0.25, 0.3) is 5.57 Å². The summed E-state index contributed by atoms with van der Waals surface area (Å²) in [7, 11) is -2.48. The Hall–Kier alpha value is -2.64. The number of methoxy groups -OCH3 is 1. The van der Waals surface area contributed by atoms with Crippen molar-refractivity contribution < 1.29 is 17.9 Å². The van der Waals surface area contributed by atoms with Crippen molar-refractivity contribution in [1.29, 1.82) is 0 Å². The summed E-state index contributed by atoms with van der Waals surface area (Å²) in [6.45, 7) is 2.51. The molecule has 0 radical (unpaired) electrons. The van der Waals surface area contributed by atoms with E-state index in [1.54, 1.807) is 19.1 Å². The van der Waals surface area contributed by atoms with E-state index in [0.717, 1.165) is 5.56 Å². The lowest BCUT2D eigenvalue weighted by atomic mass is 9.95. The maximum absolute atomic E-state index is 13.3. The fraction of sp³-hybridized carbons (Fsp3) is 0.250. The Kier molecular flexibility index (Phi) is 5.62. The lowest BCUT2D eigenvalue weighted by Crippen LogP contribution is -2.42. The van der Waals surface area contributed by atoms with Crippen molar-refractivity contribution in [2.75, 3.05) is 31.1 Å². The van der Waals surface area contributed by atoms with Crippen LogP contribution in [0.3, 0.4) is 0 Å². The molecule has 3 rings (SSSR count). The van der Waals surface area contributed by atoms with E-state index in [-0.39, 0.29) is 18.0 Å². The molecular weight excluding hydrogens is 364 g/mol. The number of sulfonamides is 1. The van der Waals surface area contributed by atoms with Gasteiger partial charge >= 0.3 is 0 Å². The van der Waals surface area contributed by atoms with Crippen LogP contribution in [-0.2, 0) is 19.6 Å². The van der Waals surface area contributed by atoms with Crippen LogP contribution in [0.1, 0.15) is 18.1 Å². The number of para-hydroxylation sites is 1. The van der Waals surface area contributed by atoms with Gasteiger partial charge in [-0.25, -0.2) is 8.42 Å². The molecule has 6 nitrogen and oxygen atoms in total. The van der Waals surface area contributed by atoms with E-state index in [1.807, 2.05) is 42.5 Å². The number of anilines is 1. The number of benzene rings is 2. The third-order valence-electron chi connectivity index (χ3n) is 4.36. The van der Waals surface area contributed by atoms with Gasteiger partial charge in [0.05, 0.1) is 12.3 Å². The highest BCUT2D eigenvalue weighted by Gasteiger charge is 2.40. The number of rotatable bonds is 6. The molecule has 0 aliphatic carbocycles. The van der Waals surface area contributed by atoms with Gasteiger partial charge in [0.15, 0.2) is 4.91 Å². The van der Waals surface area contributed by atoms with Gasteiger partial charge in [0.25, 0.3) is 15.9 Å². The van der Waals surface area contributed by atoms with Crippen LogP contribution in [0.2, 0.25) is 0 Å². The number of ether oxygens (including phenoxy) is 1. The summed E-state index contributed by atoms with van der Waals surface area (Å²) < 4.78 is 32.9. The summed E-state index contributed by atoms with van der Waals surface area (Å²) >= 11 is 0. The molecule has 2 aromatic carbocycles. The number of hydrogen-bond acceptors (Lipinski definition) is 4. The fourth-order valence-electron chi connectivity index (χ4n) is 3.20. The minimum Gasteiger partial charge on any atom is -0.383 e. The van der Waals surface area contributed by atoms with Crippen LogP contribution in [0.4, 0.5) is 5.69 Å². The molecule has 0 saturated heterocycles. The monoisotopic (exact) mass is 386 g/mol. The number of amides is 1. The van der Waals surface area contributed by atoms with E-state index in [9.17, 15) is 13.2 Å². The average molecular weight is 386 g/mol. The van der Waals surface area contributed by atoms with Crippen LogP contribution in [0.5, 0.6) is 0 Å². The molecule has 142 valence electrons. The zero-order chi connectivity index (χ0) is 19.4. The molecule has 0 unspecified atom stereocenters. The quantitative estimate of drug-likeness (QED) is 0.774. The van der Waals surface area contributed by atoms with Crippen LogP contribution >= 0.6 is 0 Å². The normalized spacial score (nSPS) is 15.4. The average Bonchev–Trinajstić information content (AvgIpc) is 2.67. The Morgan fingerprint density at radius 1 is 1.07 bits per heavy atom. The van der Waals surface area contributed by atoms with Crippen molar-refractivity contribution in [2.24, 2.45) is 0 Å². The van der Waals surface area contributed by atoms with E-state index < -0.39 is 15.9 Å². The lowest BCUT2D eigenvalue weighted by Gasteiger charge is -2.32. The van der Waals surface area contributed by atoms with Crippen LogP contribution in [0, 0.1) is 0 Å². The molecule has 0 saturated carbocycles. The van der Waals surface area contributed by atoms with Gasteiger partial charge in [-0.2, -0.15) is 0 Å². The Morgan fingerprint density at radius 3 is 2.41 bits per heavy atom. The second kappa shape index (κ2) is 7.94. The smallest absolute Gasteiger partial charge is 0.270 e. The predicted octanol–water partition coefficient (Wildman–Crippen LogP) is 2.38. The molecule has 27 heavy (non-hydrogen) atoms. The molecule has 1 aliphatic heterocycles. The molecular formula is C20H22N2O4S. The zero-order valence-corrected chi connectivity index (χ0v) is 16.1. The summed E-state index contributed by atoms with van der Waals surface area (Å²) in [5.74, 6) is -0.626. The standard InChI is InChI=1S/C20H22N2O4S/c1-3-22-17-12-8-7-11-16(17)18(15-9-5-4-6-10-15)19(27(22,24)25)20(23)21-13-14-26-2/h4-12H,3,13-14H2,1-2H3,(H,21,23). The number of carbonyl (C=O) groups is 1. The van der Waals surface area contributed by atoms with Gasteiger partial charge in [0.2, 0.25) is 0 Å². The SMILES string of the molecule is CCN1c2ccccc2C(c2ccccc2)=C(C(=O)NCCOC)S1(=O)=O. The number of carbonyl (C=O) groups excluding carboxylic acids is 1. The molecule has 1 aliphatic rings. The van der Waals surface area contributed by atoms with Crippen molar-refractivity contribution >= 4 is 27.2 Å². The van der Waals surface area contributed by atoms with E-state index in [2.05, 4.69) is 5.32 Å². The van der Waals surface area contributed by atoms with E-state index in [1.165, 1.54) is 11.4 Å². The van der Waals surface area contributed by atoms with E-state index >= 15 is 0 Å². The molecule has 0 bridgehead atoms. The van der Waals surface area contributed by atoms with E-state index in [4.69, 9.17) is 4.74 Å². The van der Waals surface area contributed by atoms with Gasteiger partial charge in [0, 0.05) is 31.3 Å². The minimum absolute atomic E-state index is 0.226. The minimum atomic E-state index is -4.00. The first kappa shape index (κ1) is 19.1. The Balaban J connectivity index is 2.28. The van der Waals surface area contributed by atoms with Crippen molar-refractivity contribution in [3.05, 3.63) is 70.6 Å². The first-order valence-electron chi connectivity index (χ1n) is 8.71. The summed E-state index contributed by atoms with van der Waals surface area (Å²) in [5, 5.41) is 2.66. The maximum Gasteiger partial charge on any atom is 0.270 e. The third-order valence-corrected chi connectivity index (χ3v) is 6.31. The first-order valence-corrected chi connectivity index (χ1v) is 10.1. The molecule has 1 heterocycles. The van der Waals surface area contributed by atoms with Gasteiger partial charge in [-0.15, -0.1) is 0 Å². The predicted molar refractivity (Wildman–Crippen MR) is 106 cm³/mol. The second-order valence-corrected chi connectivity index (χ2v) is 7.80. The summed E-state index contributed by atoms with van der Waals surface area (Å²) in [5.41, 5.74) is 2.40. The van der Waals surface area contributed by atoms with Gasteiger partial charge in [-0.05, 0) is 18.6 Å². The largest absolute Gasteiger partial charge is 0.383 e. The molecule has 0 aromatic heterocycles. The Morgan fingerprint density at radius 2 is 1.74 bits per heavy atom. The number of fused-ring (bicyclic) bond motifs is 1. The fourth-order valence-corrected chi connectivity index (χ4v) is 4.97. The number of nitrogens with zero attached hydrogens (tertiary/aromatic N) is 1. The van der Waals surface area contributed by atoms with E-state index in [0.29, 0.717) is 23.4 Å². The van der Waals surface area contributed by atoms with Gasteiger partial charge in [0.1, 0.15) is 0 Å². The summed E-state index contributed by atoms with van der Waals surface area (Å²) in [6.07, 6.45) is 0. The topological polar surface area (TPSA) is 75.7 Å². The van der Waals surface area contributed by atoms with Crippen molar-refractivity contribution in [2.45, 2.75) is 6.92 Å². The Bertz CT molecular complexity index is 968.